The Kier molecular flexibility index (Phi) is 6.59. The Bertz CT molecular complexity index is 1050. The number of amides is 2. The molecular formula is C22H24FN5O4S. The molecule has 0 saturated carbocycles. The number of ether oxygens (including phenoxy) is 2. The van der Waals surface area contributed by atoms with Gasteiger partial charge in [0.1, 0.15) is 5.82 Å². The second kappa shape index (κ2) is 9.57. The van der Waals surface area contributed by atoms with Gasteiger partial charge in [0.2, 0.25) is 0 Å². The average Bonchev–Trinajstić information content (AvgIpc) is 3.24. The van der Waals surface area contributed by atoms with E-state index in [1.165, 1.54) is 23.0 Å². The molecule has 2 amide bonds. The van der Waals surface area contributed by atoms with Crippen molar-refractivity contribution in [1.29, 1.82) is 0 Å². The van der Waals surface area contributed by atoms with Crippen molar-refractivity contribution in [1.82, 2.24) is 14.8 Å². The van der Waals surface area contributed by atoms with E-state index >= 15 is 4.39 Å². The minimum atomic E-state index is -0.627. The number of hydrogen-bond donors (Lipinski definition) is 0. The molecule has 1 aromatic carbocycles. The summed E-state index contributed by atoms with van der Waals surface area (Å²) in [5.41, 5.74) is 1.36. The molecule has 4 rings (SSSR count). The third-order valence-corrected chi connectivity index (χ3v) is 6.20. The number of cyclic esters (lactones) is 1. The van der Waals surface area contributed by atoms with E-state index in [1.54, 1.807) is 48.6 Å². The Hall–Kier alpha value is -3.47. The summed E-state index contributed by atoms with van der Waals surface area (Å²) < 4.78 is 25.4. The lowest BCUT2D eigenvalue weighted by molar-refractivity contribution is 0.0677. The number of pyridine rings is 1. The maximum atomic E-state index is 15.0. The second-order valence-corrected chi connectivity index (χ2v) is 8.04. The zero-order valence-corrected chi connectivity index (χ0v) is 19.1. The number of aromatic nitrogens is 1. The van der Waals surface area contributed by atoms with Crippen molar-refractivity contribution in [2.45, 2.75) is 6.23 Å². The molecule has 0 spiro atoms. The minimum Gasteiger partial charge on any atom is -0.474 e. The third kappa shape index (κ3) is 4.68. The molecule has 3 heterocycles. The lowest BCUT2D eigenvalue weighted by atomic mass is 10.2. The van der Waals surface area contributed by atoms with Gasteiger partial charge in [0.25, 0.3) is 11.1 Å². The number of likely N-dealkylation sites (N-methyl/N-ethyl adjacent to an activating group) is 1. The number of hydrogen-bond acceptors (Lipinski definition) is 7. The van der Waals surface area contributed by atoms with Gasteiger partial charge in [0.05, 0.1) is 30.6 Å². The summed E-state index contributed by atoms with van der Waals surface area (Å²) in [4.78, 5) is 35.4. The molecule has 0 radical (unpaired) electrons. The van der Waals surface area contributed by atoms with Crippen LogP contribution >= 0.6 is 12.2 Å². The highest BCUT2D eigenvalue weighted by Gasteiger charge is 2.36. The molecule has 0 N–H and O–H groups in total. The number of methoxy groups -OCH3 is 1. The van der Waals surface area contributed by atoms with Crippen LogP contribution in [0.4, 0.5) is 20.6 Å². The fourth-order valence-corrected chi connectivity index (χ4v) is 3.98. The maximum absolute atomic E-state index is 15.0. The Morgan fingerprint density at radius 3 is 2.67 bits per heavy atom. The van der Waals surface area contributed by atoms with Crippen LogP contribution in [0.3, 0.4) is 0 Å². The van der Waals surface area contributed by atoms with Crippen LogP contribution in [0.25, 0.3) is 0 Å². The highest BCUT2D eigenvalue weighted by molar-refractivity contribution is 7.80. The van der Waals surface area contributed by atoms with Gasteiger partial charge in [-0.1, -0.05) is 0 Å². The molecule has 0 bridgehead atoms. The number of halogens is 1. The zero-order valence-electron chi connectivity index (χ0n) is 18.3. The summed E-state index contributed by atoms with van der Waals surface area (Å²) >= 11 is 5.07. The molecule has 9 nitrogen and oxygen atoms in total. The van der Waals surface area contributed by atoms with E-state index in [0.29, 0.717) is 43.1 Å². The number of thiocarbonyl (C=S) groups is 1. The van der Waals surface area contributed by atoms with E-state index in [2.05, 4.69) is 4.98 Å². The molecule has 174 valence electrons. The summed E-state index contributed by atoms with van der Waals surface area (Å²) in [6.07, 6.45) is 1.95. The van der Waals surface area contributed by atoms with Crippen LogP contribution in [0.1, 0.15) is 10.4 Å². The number of benzene rings is 1. The van der Waals surface area contributed by atoms with Gasteiger partial charge in [0.15, 0.2) is 6.23 Å². The van der Waals surface area contributed by atoms with E-state index in [9.17, 15) is 9.59 Å². The maximum Gasteiger partial charge on any atom is 0.416 e. The summed E-state index contributed by atoms with van der Waals surface area (Å²) in [7, 11) is 3.10. The summed E-state index contributed by atoms with van der Waals surface area (Å²) in [5, 5.41) is 0.192. The van der Waals surface area contributed by atoms with Gasteiger partial charge in [-0.3, -0.25) is 19.6 Å². The highest BCUT2D eigenvalue weighted by atomic mass is 32.1. The van der Waals surface area contributed by atoms with E-state index in [-0.39, 0.29) is 17.6 Å². The number of carbonyl (C=O) groups excluding carboxylic acids is 2. The number of anilines is 2. The lowest BCUT2D eigenvalue weighted by Crippen LogP contribution is -2.49. The van der Waals surface area contributed by atoms with Crippen molar-refractivity contribution in [3.8, 4) is 0 Å². The number of rotatable bonds is 4. The van der Waals surface area contributed by atoms with Crippen molar-refractivity contribution in [2.75, 3.05) is 56.7 Å². The van der Waals surface area contributed by atoms with E-state index < -0.39 is 18.1 Å². The second-order valence-electron chi connectivity index (χ2n) is 7.69. The Labute approximate surface area is 196 Å². The Morgan fingerprint density at radius 2 is 2.03 bits per heavy atom. The van der Waals surface area contributed by atoms with Crippen LogP contribution in [0.2, 0.25) is 0 Å². The lowest BCUT2D eigenvalue weighted by Gasteiger charge is -2.36. The average molecular weight is 474 g/mol. The minimum absolute atomic E-state index is 0.0846. The van der Waals surface area contributed by atoms with E-state index in [4.69, 9.17) is 21.7 Å². The normalized spacial score (nSPS) is 18.2. The molecule has 2 aliphatic rings. The van der Waals surface area contributed by atoms with E-state index in [1.807, 2.05) is 4.90 Å². The van der Waals surface area contributed by atoms with Gasteiger partial charge < -0.3 is 19.3 Å². The van der Waals surface area contributed by atoms with Gasteiger partial charge in [-0.2, -0.15) is 0 Å². The van der Waals surface area contributed by atoms with Crippen LogP contribution < -0.4 is 9.80 Å². The topological polar surface area (TPSA) is 78.5 Å². The molecule has 0 aliphatic carbocycles. The predicted octanol–water partition coefficient (Wildman–Crippen LogP) is 2.33. The zero-order chi connectivity index (χ0) is 23.5. The largest absolute Gasteiger partial charge is 0.474 e. The highest BCUT2D eigenvalue weighted by Crippen LogP contribution is 2.29. The first-order valence-electron chi connectivity index (χ1n) is 10.4. The molecule has 1 atom stereocenters. The van der Waals surface area contributed by atoms with E-state index in [0.717, 1.165) is 0 Å². The van der Waals surface area contributed by atoms with Crippen LogP contribution in [-0.2, 0) is 9.47 Å². The van der Waals surface area contributed by atoms with Crippen molar-refractivity contribution >= 4 is 40.8 Å². The van der Waals surface area contributed by atoms with Gasteiger partial charge >= 0.3 is 6.09 Å². The van der Waals surface area contributed by atoms with Crippen LogP contribution in [0, 0.1) is 5.82 Å². The number of carbonyl (C=O) groups is 2. The van der Waals surface area contributed by atoms with Gasteiger partial charge in [0, 0.05) is 45.6 Å². The molecular weight excluding hydrogens is 449 g/mol. The molecule has 33 heavy (non-hydrogen) atoms. The first-order valence-corrected chi connectivity index (χ1v) is 10.8. The van der Waals surface area contributed by atoms with Gasteiger partial charge in [-0.25, -0.2) is 9.18 Å². The fourth-order valence-electron chi connectivity index (χ4n) is 3.86. The first kappa shape index (κ1) is 22.7. The molecule has 2 saturated heterocycles. The smallest absolute Gasteiger partial charge is 0.416 e. The molecule has 2 aliphatic heterocycles. The SMILES string of the molecule is COC(=S)N(C)C1CN(c2ccc(N3CCN(C(=O)c4cccnc4)CC3)c(F)c2)C(=O)O1. The molecule has 1 aromatic heterocycles. The van der Waals surface area contributed by atoms with Crippen LogP contribution in [0.15, 0.2) is 42.7 Å². The van der Waals surface area contributed by atoms with Gasteiger partial charge in [-0.05, 0) is 42.5 Å². The summed E-state index contributed by atoms with van der Waals surface area (Å²) in [5.74, 6) is -0.532. The molecule has 1 unspecified atom stereocenters. The number of piperazine rings is 1. The van der Waals surface area contributed by atoms with Crippen molar-refractivity contribution in [3.63, 3.8) is 0 Å². The summed E-state index contributed by atoms with van der Waals surface area (Å²) in [6, 6.07) is 8.11. The monoisotopic (exact) mass is 473 g/mol. The standard InChI is InChI=1S/C22H24FN5O4S/c1-25(22(33)31-2)19-14-28(21(30)32-19)16-5-6-18(17(23)12-16)26-8-10-27(11-9-26)20(29)15-4-3-7-24-13-15/h3-7,12-13,19H,8-11,14H2,1-2H3. The quantitative estimate of drug-likeness (QED) is 0.627. The van der Waals surface area contributed by atoms with Crippen molar-refractivity contribution < 1.29 is 23.5 Å². The predicted molar refractivity (Wildman–Crippen MR) is 124 cm³/mol. The third-order valence-electron chi connectivity index (χ3n) is 5.75. The fraction of sp³-hybridized carbons (Fsp3) is 0.364. The van der Waals surface area contributed by atoms with Gasteiger partial charge in [-0.15, -0.1) is 0 Å². The van der Waals surface area contributed by atoms with Crippen LogP contribution in [0.5, 0.6) is 0 Å². The Morgan fingerprint density at radius 1 is 1.27 bits per heavy atom. The van der Waals surface area contributed by atoms with Crippen molar-refractivity contribution in [2.24, 2.45) is 0 Å². The van der Waals surface area contributed by atoms with Crippen molar-refractivity contribution in [3.05, 3.63) is 54.1 Å². The molecule has 2 fully saturated rings. The first-order chi connectivity index (χ1) is 15.9. The molecule has 2 aromatic rings. The molecule has 11 heteroatoms. The summed E-state index contributed by atoms with van der Waals surface area (Å²) in [6.45, 7) is 2.12. The number of nitrogens with zero attached hydrogens (tertiary/aromatic N) is 5. The van der Waals surface area contributed by atoms with Crippen LogP contribution in [-0.4, -0.2) is 85.1 Å². The Balaban J connectivity index is 1.40.